The Morgan fingerprint density at radius 2 is 1.04 bits per heavy atom. The number of ether oxygens (including phenoxy) is 1. The number of hydrogen-bond acceptors (Lipinski definition) is 5. The minimum atomic E-state index is -3.78. The maximum atomic E-state index is 13.4. The molecule has 6 atom stereocenters. The molecule has 0 spiro atoms. The predicted octanol–water partition coefficient (Wildman–Crippen LogP) is 2.09. The van der Waals surface area contributed by atoms with Crippen LogP contribution in [-0.4, -0.2) is 39.5 Å². The van der Waals surface area contributed by atoms with E-state index in [1.54, 1.807) is 60.7 Å². The highest BCUT2D eigenvalue weighted by molar-refractivity contribution is 7.96. The maximum absolute atomic E-state index is 13.4. The maximum Gasteiger partial charge on any atom is 0.182 e. The Hall–Kier alpha value is -1.70. The molecule has 1 saturated heterocycles. The van der Waals surface area contributed by atoms with Crippen LogP contribution in [0, 0.1) is 11.8 Å². The first kappa shape index (κ1) is 16.5. The van der Waals surface area contributed by atoms with E-state index in [1.165, 1.54) is 0 Å². The highest BCUT2D eigenvalue weighted by Crippen LogP contribution is 2.61. The molecule has 7 heteroatoms. The molecule has 5 nitrogen and oxygen atoms in total. The van der Waals surface area contributed by atoms with Gasteiger partial charge in [-0.25, -0.2) is 16.8 Å². The van der Waals surface area contributed by atoms with Gasteiger partial charge >= 0.3 is 0 Å². The summed E-state index contributed by atoms with van der Waals surface area (Å²) in [4.78, 5) is 0.367. The van der Waals surface area contributed by atoms with Crippen LogP contribution < -0.4 is 0 Å². The molecule has 2 aromatic rings. The molecule has 0 N–H and O–H groups in total. The second-order valence-electron chi connectivity index (χ2n) is 7.27. The first-order valence-electron chi connectivity index (χ1n) is 8.66. The van der Waals surface area contributed by atoms with Gasteiger partial charge in [-0.3, -0.25) is 0 Å². The Balaban J connectivity index is 1.65. The zero-order chi connectivity index (χ0) is 18.1. The predicted molar refractivity (Wildman–Crippen MR) is 95.1 cm³/mol. The minimum absolute atomic E-state index is 0.106. The largest absolute Gasteiger partial charge is 0.369 e. The lowest BCUT2D eigenvalue weighted by Gasteiger charge is -2.28. The van der Waals surface area contributed by atoms with Crippen LogP contribution in [0.3, 0.4) is 0 Å². The summed E-state index contributed by atoms with van der Waals surface area (Å²) >= 11 is 0. The highest BCUT2D eigenvalue weighted by atomic mass is 32.2. The number of benzene rings is 2. The van der Waals surface area contributed by atoms with Crippen molar-refractivity contribution in [2.75, 3.05) is 0 Å². The minimum Gasteiger partial charge on any atom is -0.369 e. The van der Waals surface area contributed by atoms with E-state index in [1.807, 2.05) is 0 Å². The SMILES string of the molecule is O=S(=O)(c1ccccc1)C1C2CC(C3OC23)C1S(=O)(=O)c1ccccc1. The molecule has 136 valence electrons. The molecule has 26 heavy (non-hydrogen) atoms. The van der Waals surface area contributed by atoms with Crippen molar-refractivity contribution in [3.8, 4) is 0 Å². The van der Waals surface area contributed by atoms with E-state index in [4.69, 9.17) is 4.74 Å². The topological polar surface area (TPSA) is 80.8 Å². The van der Waals surface area contributed by atoms with E-state index >= 15 is 0 Å². The van der Waals surface area contributed by atoms with Crippen molar-refractivity contribution in [2.24, 2.45) is 11.8 Å². The van der Waals surface area contributed by atoms with Crippen LogP contribution in [0.4, 0.5) is 0 Å². The summed E-state index contributed by atoms with van der Waals surface area (Å²) in [6.07, 6.45) is 0.388. The van der Waals surface area contributed by atoms with Crippen LogP contribution in [0.15, 0.2) is 70.5 Å². The van der Waals surface area contributed by atoms with Gasteiger partial charge in [0.15, 0.2) is 19.7 Å². The summed E-state index contributed by atoms with van der Waals surface area (Å²) in [5, 5.41) is -1.91. The molecule has 6 unspecified atom stereocenters. The fourth-order valence-electron chi connectivity index (χ4n) is 4.89. The third-order valence-corrected chi connectivity index (χ3v) is 10.7. The Labute approximate surface area is 152 Å². The lowest BCUT2D eigenvalue weighted by molar-refractivity contribution is 0.264. The van der Waals surface area contributed by atoms with E-state index in [9.17, 15) is 16.8 Å². The average Bonchev–Trinajstić information content (AvgIpc) is 3.27. The Bertz CT molecular complexity index is 962. The van der Waals surface area contributed by atoms with Crippen molar-refractivity contribution in [3.05, 3.63) is 60.7 Å². The molecule has 0 aromatic heterocycles. The first-order chi connectivity index (χ1) is 12.4. The summed E-state index contributed by atoms with van der Waals surface area (Å²) < 4.78 is 59.1. The molecule has 2 saturated carbocycles. The molecular formula is C19H18O5S2. The molecular weight excluding hydrogens is 372 g/mol. The molecule has 3 fully saturated rings. The van der Waals surface area contributed by atoms with Crippen LogP contribution in [-0.2, 0) is 24.4 Å². The van der Waals surface area contributed by atoms with E-state index in [0.717, 1.165) is 0 Å². The Morgan fingerprint density at radius 3 is 1.42 bits per heavy atom. The van der Waals surface area contributed by atoms with E-state index in [-0.39, 0.29) is 33.8 Å². The number of fused-ring (bicyclic) bond motifs is 5. The Morgan fingerprint density at radius 1 is 0.654 bits per heavy atom. The fourth-order valence-corrected chi connectivity index (χ4v) is 10.0. The monoisotopic (exact) mass is 390 g/mol. The smallest absolute Gasteiger partial charge is 0.182 e. The second-order valence-corrected chi connectivity index (χ2v) is 11.5. The van der Waals surface area contributed by atoms with Gasteiger partial charge in [-0.15, -0.1) is 0 Å². The van der Waals surface area contributed by atoms with Gasteiger partial charge in [-0.2, -0.15) is 0 Å². The Kier molecular flexibility index (Phi) is 3.42. The summed E-state index contributed by atoms with van der Waals surface area (Å²) in [5.74, 6) is -0.502. The summed E-state index contributed by atoms with van der Waals surface area (Å²) in [6, 6.07) is 16.3. The van der Waals surface area contributed by atoms with Gasteiger partial charge in [0.25, 0.3) is 0 Å². The van der Waals surface area contributed by atoms with Gasteiger partial charge in [-0.1, -0.05) is 36.4 Å². The van der Waals surface area contributed by atoms with Crippen molar-refractivity contribution < 1.29 is 21.6 Å². The van der Waals surface area contributed by atoms with E-state index in [0.29, 0.717) is 6.42 Å². The van der Waals surface area contributed by atoms with Gasteiger partial charge in [0.1, 0.15) is 0 Å². The fraction of sp³-hybridized carbons (Fsp3) is 0.368. The standard InChI is InChI=1S/C19H18O5S2/c20-25(21,12-7-3-1-4-8-12)18-14-11-15(17-16(14)24-17)19(18)26(22,23)13-9-5-2-6-10-13/h1-10,14-19H,11H2. The zero-order valence-electron chi connectivity index (χ0n) is 13.8. The molecule has 2 bridgehead atoms. The van der Waals surface area contributed by atoms with Crippen molar-refractivity contribution in [2.45, 2.75) is 38.9 Å². The third kappa shape index (κ3) is 2.17. The second kappa shape index (κ2) is 5.41. The number of rotatable bonds is 4. The molecule has 0 radical (unpaired) electrons. The zero-order valence-corrected chi connectivity index (χ0v) is 15.4. The van der Waals surface area contributed by atoms with Crippen molar-refractivity contribution in [1.82, 2.24) is 0 Å². The van der Waals surface area contributed by atoms with Gasteiger partial charge in [0, 0.05) is 11.8 Å². The number of epoxide rings is 1. The summed E-state index contributed by atoms with van der Waals surface area (Å²) in [6.45, 7) is 0. The van der Waals surface area contributed by atoms with E-state index < -0.39 is 30.2 Å². The van der Waals surface area contributed by atoms with E-state index in [2.05, 4.69) is 0 Å². The van der Waals surface area contributed by atoms with Crippen LogP contribution in [0.2, 0.25) is 0 Å². The van der Waals surface area contributed by atoms with Crippen LogP contribution >= 0.6 is 0 Å². The first-order valence-corrected chi connectivity index (χ1v) is 11.7. The lowest BCUT2D eigenvalue weighted by atomic mass is 10.00. The van der Waals surface area contributed by atoms with Crippen molar-refractivity contribution >= 4 is 19.7 Å². The van der Waals surface area contributed by atoms with Crippen molar-refractivity contribution in [1.29, 1.82) is 0 Å². The molecule has 1 aliphatic heterocycles. The number of sulfone groups is 2. The van der Waals surface area contributed by atoms with Crippen LogP contribution in [0.5, 0.6) is 0 Å². The van der Waals surface area contributed by atoms with Gasteiger partial charge < -0.3 is 4.74 Å². The normalized spacial score (nSPS) is 35.2. The van der Waals surface area contributed by atoms with Gasteiger partial charge in [0.05, 0.1) is 32.5 Å². The van der Waals surface area contributed by atoms with Gasteiger partial charge in [0.2, 0.25) is 0 Å². The van der Waals surface area contributed by atoms with Crippen molar-refractivity contribution in [3.63, 3.8) is 0 Å². The summed E-state index contributed by atoms with van der Waals surface area (Å²) in [5.41, 5.74) is 0. The highest BCUT2D eigenvalue weighted by Gasteiger charge is 2.72. The molecule has 2 aliphatic carbocycles. The third-order valence-electron chi connectivity index (χ3n) is 5.98. The molecule has 5 rings (SSSR count). The van der Waals surface area contributed by atoms with Crippen LogP contribution in [0.25, 0.3) is 0 Å². The molecule has 2 aromatic carbocycles. The quantitative estimate of drug-likeness (QED) is 0.747. The molecule has 0 amide bonds. The lowest BCUT2D eigenvalue weighted by Crippen LogP contribution is -2.46. The molecule has 3 aliphatic rings. The number of hydrogen-bond donors (Lipinski definition) is 0. The summed E-state index contributed by atoms with van der Waals surface area (Å²) in [7, 11) is -7.55. The van der Waals surface area contributed by atoms with Crippen LogP contribution in [0.1, 0.15) is 6.42 Å². The average molecular weight is 390 g/mol. The van der Waals surface area contributed by atoms with Gasteiger partial charge in [-0.05, 0) is 30.7 Å². The molecule has 1 heterocycles.